The number of halogens is 2. The zero-order valence-electron chi connectivity index (χ0n) is 32.0. The number of hydrogen-bond acceptors (Lipinski definition) is 0. The molecule has 1 unspecified atom stereocenters. The molecule has 0 saturated carbocycles. The SMILES string of the molecule is C.Cc1cc(C)c(-c2ccc3c(c2)[CH]([Zr+2]([CH3])([CH3])[CH]2c4ccccc4-c4c2ccc2ccccc42)c2cc(-c4c(C)cc(C)cc4C)ccc2-3)c(C)c1.[Cl-].[Cl-]. The van der Waals surface area contributed by atoms with Crippen molar-refractivity contribution in [3.05, 3.63) is 177 Å². The molecule has 2 aliphatic rings. The Kier molecular flexibility index (Phi) is 10.9. The van der Waals surface area contributed by atoms with Crippen LogP contribution in [0.1, 0.15) is 70.3 Å². The van der Waals surface area contributed by atoms with Gasteiger partial charge in [0.1, 0.15) is 0 Å². The van der Waals surface area contributed by atoms with Crippen molar-refractivity contribution in [1.82, 2.24) is 0 Å². The summed E-state index contributed by atoms with van der Waals surface area (Å²) in [4.78, 5) is 0. The van der Waals surface area contributed by atoms with Crippen molar-refractivity contribution in [2.75, 3.05) is 0 Å². The van der Waals surface area contributed by atoms with Gasteiger partial charge >= 0.3 is 311 Å². The maximum Gasteiger partial charge on any atom is -1.00 e. The van der Waals surface area contributed by atoms with Gasteiger partial charge in [0, 0.05) is 0 Å². The van der Waals surface area contributed by atoms with E-state index >= 15 is 0 Å². The number of aryl methyl sites for hydroxylation is 6. The molecule has 7 aromatic rings. The number of benzene rings is 7. The summed E-state index contributed by atoms with van der Waals surface area (Å²) < 4.78 is 6.36. The van der Waals surface area contributed by atoms with Gasteiger partial charge in [0.15, 0.2) is 0 Å². The molecule has 0 radical (unpaired) electrons. The third-order valence-corrected chi connectivity index (χ3v) is 22.6. The molecule has 3 heteroatoms. The van der Waals surface area contributed by atoms with Crippen molar-refractivity contribution in [1.29, 1.82) is 0 Å². The Morgan fingerprint density at radius 2 is 0.870 bits per heavy atom. The molecule has 0 aromatic heterocycles. The molecule has 1 atom stereocenters. The molecule has 0 aliphatic heterocycles. The van der Waals surface area contributed by atoms with Crippen LogP contribution in [-0.2, 0) is 20.3 Å². The van der Waals surface area contributed by atoms with Crippen LogP contribution in [0.2, 0.25) is 9.26 Å². The van der Waals surface area contributed by atoms with Crippen molar-refractivity contribution in [2.24, 2.45) is 0 Å². The topological polar surface area (TPSA) is 0 Å². The van der Waals surface area contributed by atoms with Gasteiger partial charge in [-0.15, -0.1) is 0 Å². The normalized spacial score (nSPS) is 13.7. The number of hydrogen-bond donors (Lipinski definition) is 0. The van der Waals surface area contributed by atoms with Crippen LogP contribution in [0, 0.1) is 41.5 Å². The van der Waals surface area contributed by atoms with Crippen molar-refractivity contribution in [2.45, 2.75) is 65.5 Å². The van der Waals surface area contributed by atoms with Gasteiger partial charge < -0.3 is 24.8 Å². The molecule has 0 saturated heterocycles. The Hall–Kier alpha value is -3.74. The second-order valence-electron chi connectivity index (χ2n) is 16.2. The fourth-order valence-electron chi connectivity index (χ4n) is 10.6. The van der Waals surface area contributed by atoms with E-state index in [1.165, 1.54) is 88.7 Å². The minimum Gasteiger partial charge on any atom is -1.00 e. The van der Waals surface area contributed by atoms with E-state index in [0.29, 0.717) is 7.25 Å². The van der Waals surface area contributed by atoms with Gasteiger partial charge in [0.05, 0.1) is 0 Å². The first-order valence-corrected chi connectivity index (χ1v) is 26.3. The van der Waals surface area contributed by atoms with Gasteiger partial charge in [-0.2, -0.15) is 0 Å². The van der Waals surface area contributed by atoms with Gasteiger partial charge in [0.2, 0.25) is 0 Å². The Balaban J connectivity index is 0.00000166. The molecular weight excluding hydrogens is 775 g/mol. The van der Waals surface area contributed by atoms with Gasteiger partial charge in [-0.05, 0) is 0 Å². The molecule has 7 aromatic carbocycles. The first-order valence-electron chi connectivity index (χ1n) is 18.6. The first kappa shape index (κ1) is 39.9. The molecule has 0 spiro atoms. The van der Waals surface area contributed by atoms with E-state index in [2.05, 4.69) is 172 Å². The van der Waals surface area contributed by atoms with Crippen LogP contribution in [0.5, 0.6) is 0 Å². The largest absolute Gasteiger partial charge is 1.00 e. The maximum atomic E-state index is 2.76. The number of rotatable bonds is 4. The number of fused-ring (bicyclic) bond motifs is 8. The summed E-state index contributed by atoms with van der Waals surface area (Å²) in [7, 11) is 0. The molecule has 9 rings (SSSR count). The van der Waals surface area contributed by atoms with Crippen molar-refractivity contribution < 1.29 is 45.1 Å². The van der Waals surface area contributed by atoms with Gasteiger partial charge in [-0.3, -0.25) is 0 Å². The summed E-state index contributed by atoms with van der Waals surface area (Å²) in [5, 5.41) is 2.72. The molecule has 54 heavy (non-hydrogen) atoms. The van der Waals surface area contributed by atoms with Gasteiger partial charge in [-0.25, -0.2) is 0 Å². The zero-order chi connectivity index (χ0) is 35.3. The van der Waals surface area contributed by atoms with Crippen molar-refractivity contribution in [3.63, 3.8) is 0 Å². The van der Waals surface area contributed by atoms with Crippen LogP contribution in [0.4, 0.5) is 0 Å². The molecule has 0 fully saturated rings. The van der Waals surface area contributed by atoms with Crippen molar-refractivity contribution in [3.8, 4) is 44.5 Å². The Morgan fingerprint density at radius 1 is 0.407 bits per heavy atom. The van der Waals surface area contributed by atoms with E-state index in [9.17, 15) is 0 Å². The summed E-state index contributed by atoms with van der Waals surface area (Å²) in [5.41, 5.74) is 25.6. The third-order valence-electron chi connectivity index (χ3n) is 12.2. The van der Waals surface area contributed by atoms with E-state index < -0.39 is 20.3 Å². The summed E-state index contributed by atoms with van der Waals surface area (Å²) in [6, 6.07) is 47.5. The third kappa shape index (κ3) is 6.07. The molecule has 2 aliphatic carbocycles. The molecular formula is C51H50Cl2Zr. The molecule has 0 heterocycles. The Morgan fingerprint density at radius 3 is 1.41 bits per heavy atom. The van der Waals surface area contributed by atoms with Crippen LogP contribution in [0.25, 0.3) is 55.3 Å². The van der Waals surface area contributed by atoms with Crippen LogP contribution in [0.15, 0.2) is 121 Å². The molecule has 0 N–H and O–H groups in total. The summed E-state index contributed by atoms with van der Waals surface area (Å²) in [5.74, 6) is 0. The maximum absolute atomic E-state index is 3.32. The monoisotopic (exact) mass is 822 g/mol. The Bertz CT molecular complexity index is 2440. The van der Waals surface area contributed by atoms with Crippen molar-refractivity contribution >= 4 is 10.8 Å². The van der Waals surface area contributed by atoms with Crippen LogP contribution < -0.4 is 24.8 Å². The first-order chi connectivity index (χ1) is 24.5. The van der Waals surface area contributed by atoms with Crippen LogP contribution in [-0.4, -0.2) is 0 Å². The summed E-state index contributed by atoms with van der Waals surface area (Å²) in [6.45, 7) is 13.6. The second-order valence-corrected chi connectivity index (χ2v) is 28.0. The average molecular weight is 825 g/mol. The average Bonchev–Trinajstić information content (AvgIpc) is 3.61. The fraction of sp³-hybridized carbons (Fsp3) is 0.216. The second kappa shape index (κ2) is 14.7. The minimum absolute atomic E-state index is 0. The predicted octanol–water partition coefficient (Wildman–Crippen LogP) is 8.76. The molecule has 0 amide bonds. The molecule has 0 nitrogen and oxygen atoms in total. The van der Waals surface area contributed by atoms with E-state index in [-0.39, 0.29) is 32.2 Å². The van der Waals surface area contributed by atoms with E-state index in [0.717, 1.165) is 0 Å². The zero-order valence-corrected chi connectivity index (χ0v) is 35.9. The summed E-state index contributed by atoms with van der Waals surface area (Å²) >= 11 is -3.32. The minimum atomic E-state index is -3.32. The smallest absolute Gasteiger partial charge is 1.00 e. The molecule has 0 bridgehead atoms. The van der Waals surface area contributed by atoms with Gasteiger partial charge in [0.25, 0.3) is 0 Å². The van der Waals surface area contributed by atoms with E-state index in [1.807, 2.05) is 0 Å². The summed E-state index contributed by atoms with van der Waals surface area (Å²) in [6.07, 6.45) is 0. The quantitative estimate of drug-likeness (QED) is 0.167. The molecule has 272 valence electrons. The van der Waals surface area contributed by atoms with Gasteiger partial charge in [-0.1, -0.05) is 7.43 Å². The fourth-order valence-corrected chi connectivity index (χ4v) is 21.7. The predicted molar refractivity (Wildman–Crippen MR) is 223 cm³/mol. The van der Waals surface area contributed by atoms with Crippen LogP contribution in [0.3, 0.4) is 0 Å². The Labute approximate surface area is 340 Å². The van der Waals surface area contributed by atoms with E-state index in [4.69, 9.17) is 0 Å². The van der Waals surface area contributed by atoms with Crippen LogP contribution >= 0.6 is 0 Å². The standard InChI is InChI=1S/C31H29.C17H11.CH4.2CH3.2ClH.Zr/c1-18-11-20(3)30(21(4)12-18)24-7-9-28-26(15-24)17-27-16-25(8-10-29(27)28)31-22(5)13-19(2)14-23(31)6;1-3-7-15-12(5-1)9-10-14-11-13-6-2-4-8-16(13)17(14)15;;;;;;/h7-17H,1-6H3;1-11H;1H4;2*1H3;2*1H;/q;;;;;;;+2/p-2. The van der Waals surface area contributed by atoms with E-state index in [1.54, 1.807) is 22.3 Å².